The van der Waals surface area contributed by atoms with Crippen LogP contribution in [-0.2, 0) is 23.8 Å². The zero-order valence-electron chi connectivity index (χ0n) is 40.1. The van der Waals surface area contributed by atoms with Gasteiger partial charge in [-0.25, -0.2) is 0 Å². The molecule has 0 aromatic carbocycles. The number of carbonyl (C=O) groups excluding carboxylic acids is 2. The smallest absolute Gasteiger partial charge is 0.306 e. The van der Waals surface area contributed by atoms with Crippen molar-refractivity contribution in [1.82, 2.24) is 0 Å². The van der Waals surface area contributed by atoms with Gasteiger partial charge in [0, 0.05) is 19.4 Å². The molecule has 0 aliphatic carbocycles. The maximum Gasteiger partial charge on any atom is 0.306 e. The summed E-state index contributed by atoms with van der Waals surface area (Å²) in [6.45, 7) is 7.46. The summed E-state index contributed by atoms with van der Waals surface area (Å²) in [5.41, 5.74) is 0. The van der Waals surface area contributed by atoms with E-state index in [4.69, 9.17) is 14.2 Å². The predicted molar refractivity (Wildman–Crippen MR) is 269 cm³/mol. The molecule has 0 aliphatic heterocycles. The minimum atomic E-state index is -0.594. The number of carbonyl (C=O) groups is 2. The summed E-state index contributed by atoms with van der Waals surface area (Å²) in [6, 6.07) is 0. The van der Waals surface area contributed by atoms with Crippen molar-refractivity contribution in [2.45, 2.75) is 207 Å². The van der Waals surface area contributed by atoms with Gasteiger partial charge in [0.2, 0.25) is 0 Å². The zero-order chi connectivity index (χ0) is 44.9. The Morgan fingerprint density at radius 3 is 1.19 bits per heavy atom. The van der Waals surface area contributed by atoms with E-state index in [-0.39, 0.29) is 25.2 Å². The Hall–Kier alpha value is -3.70. The topological polar surface area (TPSA) is 61.8 Å². The molecule has 350 valence electrons. The Bertz CT molecular complexity index is 1290. The summed E-state index contributed by atoms with van der Waals surface area (Å²) in [5, 5.41) is 0. The summed E-state index contributed by atoms with van der Waals surface area (Å²) in [6.07, 6.45) is 72.2. The van der Waals surface area contributed by atoms with Gasteiger partial charge in [-0.05, 0) is 96.3 Å². The average molecular weight is 857 g/mol. The van der Waals surface area contributed by atoms with Crippen LogP contribution in [0.2, 0.25) is 0 Å². The molecule has 0 aliphatic rings. The summed E-state index contributed by atoms with van der Waals surface area (Å²) >= 11 is 0. The van der Waals surface area contributed by atoms with E-state index in [2.05, 4.69) is 136 Å². The molecule has 0 fully saturated rings. The molecule has 1 unspecified atom stereocenters. The van der Waals surface area contributed by atoms with Crippen LogP contribution in [0.25, 0.3) is 0 Å². The molecule has 5 heteroatoms. The van der Waals surface area contributed by atoms with Crippen LogP contribution in [0.15, 0.2) is 122 Å². The largest absolute Gasteiger partial charge is 0.462 e. The Morgan fingerprint density at radius 1 is 0.371 bits per heavy atom. The molecule has 62 heavy (non-hydrogen) atoms. The lowest BCUT2D eigenvalue weighted by atomic mass is 10.1. The maximum absolute atomic E-state index is 12.8. The van der Waals surface area contributed by atoms with Crippen LogP contribution in [0, 0.1) is 0 Å². The number of ether oxygens (including phenoxy) is 3. The molecule has 0 saturated carbocycles. The van der Waals surface area contributed by atoms with E-state index >= 15 is 0 Å². The number of unbranched alkanes of at least 4 members (excludes halogenated alkanes) is 13. The highest BCUT2D eigenvalue weighted by Crippen LogP contribution is 2.13. The predicted octanol–water partition coefficient (Wildman–Crippen LogP) is 17.0. The molecule has 0 saturated heterocycles. The van der Waals surface area contributed by atoms with Gasteiger partial charge in [0.15, 0.2) is 6.10 Å². The summed E-state index contributed by atoms with van der Waals surface area (Å²) in [7, 11) is 0. The van der Waals surface area contributed by atoms with E-state index in [1.54, 1.807) is 0 Å². The summed E-state index contributed by atoms with van der Waals surface area (Å²) in [4.78, 5) is 25.3. The standard InChI is InChI=1S/C57H92O5/c1-4-7-10-13-16-19-22-25-27-28-29-30-32-33-35-38-41-44-47-50-56(58)61-54-55(53-60-52-49-46-43-40-37-24-21-18-15-12-9-6-3)62-57(59)51-48-45-42-39-36-34-31-26-23-20-17-14-11-8-5-2/h7-8,10-11,16-17,19-20,25-27,29-31,33,35-36,39,41,44,55H,4-6,9,12-15,18,21-24,28,32,34,37-38,40,42-43,45-54H2,1-3H3/b10-7-,11-8-,19-16-,20-17-,27-25-,30-29-,31-26-,35-33-,39-36-,44-41-. The van der Waals surface area contributed by atoms with Gasteiger partial charge in [-0.3, -0.25) is 9.59 Å². The molecule has 0 aromatic heterocycles. The van der Waals surface area contributed by atoms with Crippen molar-refractivity contribution in [1.29, 1.82) is 0 Å². The molecular weight excluding hydrogens is 765 g/mol. The highest BCUT2D eigenvalue weighted by molar-refractivity contribution is 5.70. The van der Waals surface area contributed by atoms with E-state index in [0.717, 1.165) is 96.3 Å². The van der Waals surface area contributed by atoms with Crippen molar-refractivity contribution < 1.29 is 23.8 Å². The van der Waals surface area contributed by atoms with Crippen molar-refractivity contribution in [3.05, 3.63) is 122 Å². The number of allylic oxidation sites excluding steroid dienone is 20. The van der Waals surface area contributed by atoms with Crippen LogP contribution in [0.4, 0.5) is 0 Å². The Kier molecular flexibility index (Phi) is 48.6. The lowest BCUT2D eigenvalue weighted by Gasteiger charge is -2.18. The highest BCUT2D eigenvalue weighted by atomic mass is 16.6. The van der Waals surface area contributed by atoms with E-state index in [9.17, 15) is 9.59 Å². The van der Waals surface area contributed by atoms with Crippen molar-refractivity contribution in [3.63, 3.8) is 0 Å². The minimum absolute atomic E-state index is 0.0225. The van der Waals surface area contributed by atoms with Crippen LogP contribution in [-0.4, -0.2) is 37.9 Å². The third-order valence-electron chi connectivity index (χ3n) is 10.0. The number of esters is 2. The van der Waals surface area contributed by atoms with Gasteiger partial charge in [-0.2, -0.15) is 0 Å². The third-order valence-corrected chi connectivity index (χ3v) is 10.0. The van der Waals surface area contributed by atoms with Gasteiger partial charge < -0.3 is 14.2 Å². The summed E-state index contributed by atoms with van der Waals surface area (Å²) in [5.74, 6) is -0.549. The normalized spacial score (nSPS) is 13.3. The molecule has 0 N–H and O–H groups in total. The SMILES string of the molecule is CC/C=C\C/C=C\C/C=C\C/C=C\C/C=C\C/C=C\CCC(=O)OCC(COCCCCCCCCCCCCCC)OC(=O)CCCC/C=C\C/C=C\C/C=C\C/C=C\CC. The first kappa shape index (κ1) is 58.3. The quantitative estimate of drug-likeness (QED) is 0.0347. The van der Waals surface area contributed by atoms with Gasteiger partial charge in [0.1, 0.15) is 6.61 Å². The van der Waals surface area contributed by atoms with Gasteiger partial charge in [0.05, 0.1) is 6.61 Å². The fourth-order valence-corrected chi connectivity index (χ4v) is 6.35. The average Bonchev–Trinajstić information content (AvgIpc) is 3.27. The van der Waals surface area contributed by atoms with E-state index < -0.39 is 6.10 Å². The Labute approximate surface area is 382 Å². The van der Waals surface area contributed by atoms with Gasteiger partial charge >= 0.3 is 11.9 Å². The zero-order valence-corrected chi connectivity index (χ0v) is 40.1. The van der Waals surface area contributed by atoms with Crippen LogP contribution >= 0.6 is 0 Å². The molecule has 0 heterocycles. The van der Waals surface area contributed by atoms with Gasteiger partial charge in [-0.1, -0.05) is 213 Å². The van der Waals surface area contributed by atoms with Crippen LogP contribution in [0.5, 0.6) is 0 Å². The lowest BCUT2D eigenvalue weighted by molar-refractivity contribution is -0.162. The molecule has 0 amide bonds. The Balaban J connectivity index is 4.46. The second kappa shape index (κ2) is 51.6. The third kappa shape index (κ3) is 49.0. The van der Waals surface area contributed by atoms with Crippen LogP contribution in [0.3, 0.4) is 0 Å². The van der Waals surface area contributed by atoms with Crippen molar-refractivity contribution in [3.8, 4) is 0 Å². The maximum atomic E-state index is 12.8. The van der Waals surface area contributed by atoms with Crippen molar-refractivity contribution in [2.75, 3.05) is 19.8 Å². The molecule has 0 bridgehead atoms. The van der Waals surface area contributed by atoms with E-state index in [0.29, 0.717) is 25.9 Å². The fraction of sp³-hybridized carbons (Fsp3) is 0.614. The van der Waals surface area contributed by atoms with E-state index in [1.807, 2.05) is 6.08 Å². The molecule has 1 atom stereocenters. The minimum Gasteiger partial charge on any atom is -0.462 e. The molecule has 0 rings (SSSR count). The molecule has 0 spiro atoms. The molecular formula is C57H92O5. The second-order valence-corrected chi connectivity index (χ2v) is 16.0. The van der Waals surface area contributed by atoms with Gasteiger partial charge in [0.25, 0.3) is 0 Å². The first-order valence-electron chi connectivity index (χ1n) is 25.1. The molecule has 0 aromatic rings. The number of hydrogen-bond acceptors (Lipinski definition) is 5. The van der Waals surface area contributed by atoms with E-state index in [1.165, 1.54) is 64.2 Å². The van der Waals surface area contributed by atoms with Crippen LogP contribution < -0.4 is 0 Å². The van der Waals surface area contributed by atoms with Gasteiger partial charge in [-0.15, -0.1) is 0 Å². The highest BCUT2D eigenvalue weighted by Gasteiger charge is 2.17. The molecule has 0 radical (unpaired) electrons. The molecule has 5 nitrogen and oxygen atoms in total. The first-order chi connectivity index (χ1) is 30.6. The summed E-state index contributed by atoms with van der Waals surface area (Å²) < 4.78 is 17.3. The Morgan fingerprint density at radius 2 is 0.758 bits per heavy atom. The monoisotopic (exact) mass is 857 g/mol. The first-order valence-corrected chi connectivity index (χ1v) is 25.1. The number of rotatable bonds is 44. The lowest BCUT2D eigenvalue weighted by Crippen LogP contribution is -2.30. The van der Waals surface area contributed by atoms with Crippen molar-refractivity contribution >= 4 is 11.9 Å². The number of hydrogen-bond donors (Lipinski definition) is 0. The van der Waals surface area contributed by atoms with Crippen LogP contribution in [0.1, 0.15) is 201 Å². The van der Waals surface area contributed by atoms with Crippen molar-refractivity contribution in [2.24, 2.45) is 0 Å². The fourth-order valence-electron chi connectivity index (χ4n) is 6.35. The second-order valence-electron chi connectivity index (χ2n) is 16.0.